The van der Waals surface area contributed by atoms with Crippen molar-refractivity contribution in [3.8, 4) is 0 Å². The average Bonchev–Trinajstić information content (AvgIpc) is 3.06. The van der Waals surface area contributed by atoms with Crippen LogP contribution < -0.4 is 5.32 Å². The summed E-state index contributed by atoms with van der Waals surface area (Å²) in [5.41, 5.74) is 1.10. The summed E-state index contributed by atoms with van der Waals surface area (Å²) in [6.07, 6.45) is 0. The fraction of sp³-hybridized carbons (Fsp3) is 0.250. The van der Waals surface area contributed by atoms with E-state index >= 15 is 0 Å². The number of amides is 2. The zero-order valence-corrected chi connectivity index (χ0v) is 16.1. The molecule has 0 atom stereocenters. The first-order chi connectivity index (χ1) is 13.0. The number of hydrogen-bond acceptors (Lipinski definition) is 5. The molecule has 0 aliphatic rings. The van der Waals surface area contributed by atoms with Crippen molar-refractivity contribution in [2.45, 2.75) is 13.5 Å². The molecule has 1 aromatic heterocycles. The number of benzene rings is 2. The van der Waals surface area contributed by atoms with Crippen molar-refractivity contribution >= 4 is 40.2 Å². The normalized spacial score (nSPS) is 10.7. The highest BCUT2D eigenvalue weighted by molar-refractivity contribution is 8.00. The minimum absolute atomic E-state index is 0.0157. The minimum Gasteiger partial charge on any atom is -0.360 e. The van der Waals surface area contributed by atoms with E-state index in [-0.39, 0.29) is 23.3 Å². The van der Waals surface area contributed by atoms with Crippen LogP contribution in [0.1, 0.15) is 11.3 Å². The molecule has 2 aromatic carbocycles. The molecule has 0 saturated carbocycles. The third-order valence-electron chi connectivity index (χ3n) is 4.07. The highest BCUT2D eigenvalue weighted by Gasteiger charge is 2.13. The van der Waals surface area contributed by atoms with E-state index in [9.17, 15) is 9.59 Å². The van der Waals surface area contributed by atoms with Gasteiger partial charge in [-0.2, -0.15) is 0 Å². The molecular weight excluding hydrogens is 362 g/mol. The van der Waals surface area contributed by atoms with Crippen LogP contribution in [0.15, 0.2) is 53.1 Å². The smallest absolute Gasteiger partial charge is 0.235 e. The molecule has 2 amide bonds. The summed E-state index contributed by atoms with van der Waals surface area (Å²) in [4.78, 5) is 25.9. The maximum atomic E-state index is 12.4. The Hall–Kier alpha value is -2.80. The molecular formula is C20H21N3O3S. The van der Waals surface area contributed by atoms with Crippen LogP contribution in [0.2, 0.25) is 0 Å². The second kappa shape index (κ2) is 8.73. The number of anilines is 1. The third-order valence-corrected chi connectivity index (χ3v) is 4.98. The molecule has 7 heteroatoms. The lowest BCUT2D eigenvalue weighted by atomic mass is 10.0. The second-order valence-electron chi connectivity index (χ2n) is 6.25. The summed E-state index contributed by atoms with van der Waals surface area (Å²) in [6, 6.07) is 15.9. The Kier molecular flexibility index (Phi) is 6.13. The van der Waals surface area contributed by atoms with Crippen molar-refractivity contribution in [1.82, 2.24) is 10.1 Å². The SMILES string of the molecule is Cc1cc(NC(=O)CSCC(=O)N(C)Cc2cccc3ccccc23)no1. The number of nitrogens with one attached hydrogen (secondary N) is 1. The van der Waals surface area contributed by atoms with Gasteiger partial charge in [0.15, 0.2) is 5.82 Å². The van der Waals surface area contributed by atoms with Crippen LogP contribution >= 0.6 is 11.8 Å². The largest absolute Gasteiger partial charge is 0.360 e. The number of fused-ring (bicyclic) bond motifs is 1. The summed E-state index contributed by atoms with van der Waals surface area (Å²) in [5.74, 6) is 1.21. The molecule has 0 bridgehead atoms. The fourth-order valence-corrected chi connectivity index (χ4v) is 3.47. The van der Waals surface area contributed by atoms with E-state index in [1.807, 2.05) is 24.3 Å². The van der Waals surface area contributed by atoms with Crippen LogP contribution in [-0.2, 0) is 16.1 Å². The summed E-state index contributed by atoms with van der Waals surface area (Å²) < 4.78 is 4.89. The molecule has 0 fully saturated rings. The molecule has 0 saturated heterocycles. The monoisotopic (exact) mass is 383 g/mol. The molecule has 140 valence electrons. The highest BCUT2D eigenvalue weighted by Crippen LogP contribution is 2.20. The minimum atomic E-state index is -0.210. The molecule has 0 aliphatic carbocycles. The van der Waals surface area contributed by atoms with Gasteiger partial charge in [0, 0.05) is 19.7 Å². The van der Waals surface area contributed by atoms with Gasteiger partial charge in [-0.3, -0.25) is 9.59 Å². The predicted molar refractivity (Wildman–Crippen MR) is 108 cm³/mol. The number of carbonyl (C=O) groups is 2. The third kappa shape index (κ3) is 5.10. The van der Waals surface area contributed by atoms with Gasteiger partial charge < -0.3 is 14.7 Å². The lowest BCUT2D eigenvalue weighted by Gasteiger charge is -2.18. The van der Waals surface area contributed by atoms with E-state index in [2.05, 4.69) is 28.7 Å². The van der Waals surface area contributed by atoms with Gasteiger partial charge in [-0.25, -0.2) is 0 Å². The quantitative estimate of drug-likeness (QED) is 0.676. The van der Waals surface area contributed by atoms with Crippen LogP contribution in [0.3, 0.4) is 0 Å². The predicted octanol–water partition coefficient (Wildman–Crippen LogP) is 3.47. The van der Waals surface area contributed by atoms with Crippen molar-refractivity contribution in [3.63, 3.8) is 0 Å². The topological polar surface area (TPSA) is 75.4 Å². The molecule has 27 heavy (non-hydrogen) atoms. The number of aryl methyl sites for hydroxylation is 1. The van der Waals surface area contributed by atoms with Crippen molar-refractivity contribution in [3.05, 3.63) is 59.9 Å². The Bertz CT molecular complexity index is 949. The molecule has 3 rings (SSSR count). The van der Waals surface area contributed by atoms with Gasteiger partial charge in [-0.1, -0.05) is 47.6 Å². The number of carbonyl (C=O) groups excluding carboxylic acids is 2. The van der Waals surface area contributed by atoms with E-state index in [0.717, 1.165) is 16.3 Å². The Morgan fingerprint density at radius 3 is 2.70 bits per heavy atom. The maximum absolute atomic E-state index is 12.4. The van der Waals surface area contributed by atoms with Crippen molar-refractivity contribution in [2.24, 2.45) is 0 Å². The molecule has 0 aliphatic heterocycles. The highest BCUT2D eigenvalue weighted by atomic mass is 32.2. The standard InChI is InChI=1S/C20H21N3O3S/c1-14-10-18(22-26-14)21-19(24)12-27-13-20(25)23(2)11-16-8-5-7-15-6-3-4-9-17(15)16/h3-10H,11-13H2,1-2H3,(H,21,22,24). The van der Waals surface area contributed by atoms with Crippen LogP contribution in [0.5, 0.6) is 0 Å². The number of rotatable bonds is 7. The average molecular weight is 383 g/mol. The van der Waals surface area contributed by atoms with Crippen molar-refractivity contribution < 1.29 is 14.1 Å². The van der Waals surface area contributed by atoms with E-state index in [4.69, 9.17) is 4.52 Å². The van der Waals surface area contributed by atoms with Gasteiger partial charge in [0.2, 0.25) is 11.8 Å². The van der Waals surface area contributed by atoms with Gasteiger partial charge in [-0.15, -0.1) is 11.8 Å². The molecule has 3 aromatic rings. The molecule has 6 nitrogen and oxygen atoms in total. The lowest BCUT2D eigenvalue weighted by molar-refractivity contribution is -0.127. The second-order valence-corrected chi connectivity index (χ2v) is 7.24. The Balaban J connectivity index is 1.48. The first-order valence-electron chi connectivity index (χ1n) is 8.54. The summed E-state index contributed by atoms with van der Waals surface area (Å²) in [7, 11) is 1.78. The van der Waals surface area contributed by atoms with Crippen LogP contribution in [0.25, 0.3) is 10.8 Å². The number of nitrogens with zero attached hydrogens (tertiary/aromatic N) is 2. The van der Waals surface area contributed by atoms with Crippen LogP contribution in [0, 0.1) is 6.92 Å². The number of aromatic nitrogens is 1. The van der Waals surface area contributed by atoms with Crippen molar-refractivity contribution in [2.75, 3.05) is 23.9 Å². The number of thioether (sulfide) groups is 1. The molecule has 0 spiro atoms. The maximum Gasteiger partial charge on any atom is 0.235 e. The Labute approximate surface area is 161 Å². The zero-order valence-electron chi connectivity index (χ0n) is 15.3. The van der Waals surface area contributed by atoms with Crippen LogP contribution in [0.4, 0.5) is 5.82 Å². The van der Waals surface area contributed by atoms with Gasteiger partial charge in [0.05, 0.1) is 11.5 Å². The lowest BCUT2D eigenvalue weighted by Crippen LogP contribution is -2.28. The summed E-state index contributed by atoms with van der Waals surface area (Å²) >= 11 is 1.28. The summed E-state index contributed by atoms with van der Waals surface area (Å²) in [5, 5.41) is 8.65. The van der Waals surface area contributed by atoms with E-state index in [1.54, 1.807) is 24.9 Å². The van der Waals surface area contributed by atoms with E-state index in [1.165, 1.54) is 11.8 Å². The Morgan fingerprint density at radius 1 is 1.15 bits per heavy atom. The first-order valence-corrected chi connectivity index (χ1v) is 9.70. The molecule has 0 unspecified atom stereocenters. The number of hydrogen-bond donors (Lipinski definition) is 1. The molecule has 1 heterocycles. The van der Waals surface area contributed by atoms with Gasteiger partial charge in [0.25, 0.3) is 0 Å². The van der Waals surface area contributed by atoms with E-state index < -0.39 is 0 Å². The molecule has 0 radical (unpaired) electrons. The van der Waals surface area contributed by atoms with Gasteiger partial charge in [-0.05, 0) is 23.3 Å². The zero-order chi connectivity index (χ0) is 19.2. The van der Waals surface area contributed by atoms with Gasteiger partial charge in [0.1, 0.15) is 5.76 Å². The molecule has 1 N–H and O–H groups in total. The fourth-order valence-electron chi connectivity index (χ4n) is 2.72. The van der Waals surface area contributed by atoms with E-state index in [0.29, 0.717) is 18.1 Å². The van der Waals surface area contributed by atoms with Crippen molar-refractivity contribution in [1.29, 1.82) is 0 Å². The summed E-state index contributed by atoms with van der Waals surface area (Å²) in [6.45, 7) is 2.28. The van der Waals surface area contributed by atoms with Crippen LogP contribution in [-0.4, -0.2) is 40.4 Å². The Morgan fingerprint density at radius 2 is 1.93 bits per heavy atom. The van der Waals surface area contributed by atoms with Gasteiger partial charge >= 0.3 is 0 Å². The first kappa shape index (κ1) is 19.0.